The minimum absolute atomic E-state index is 0.119. The molecule has 0 spiro atoms. The molecule has 1 amide bonds. The molecule has 0 fully saturated rings. The van der Waals surface area contributed by atoms with Crippen molar-refractivity contribution in [1.82, 2.24) is 4.72 Å². The smallest absolute Gasteiger partial charge is 0.387 e. The maximum Gasteiger partial charge on any atom is 0.387 e. The van der Waals surface area contributed by atoms with Crippen molar-refractivity contribution in [2.45, 2.75) is 18.4 Å². The van der Waals surface area contributed by atoms with Gasteiger partial charge in [-0.3, -0.25) is 4.79 Å². The molecule has 0 aliphatic rings. The molecule has 1 N–H and O–H groups in total. The molecule has 2 rings (SSSR count). The first-order chi connectivity index (χ1) is 12.2. The van der Waals surface area contributed by atoms with Gasteiger partial charge in [-0.05, 0) is 42.8 Å². The van der Waals surface area contributed by atoms with Gasteiger partial charge in [0, 0.05) is 10.6 Å². The fraction of sp³-hybridized carbons (Fsp3) is 0.188. The molecule has 2 aromatic rings. The van der Waals surface area contributed by atoms with Gasteiger partial charge in [-0.25, -0.2) is 13.1 Å². The van der Waals surface area contributed by atoms with E-state index in [9.17, 15) is 22.0 Å². The van der Waals surface area contributed by atoms with Crippen molar-refractivity contribution in [3.8, 4) is 11.5 Å². The normalized spacial score (nSPS) is 11.3. The van der Waals surface area contributed by atoms with Gasteiger partial charge < -0.3 is 9.47 Å². The lowest BCUT2D eigenvalue weighted by Crippen LogP contribution is -2.31. The highest BCUT2D eigenvalue weighted by Crippen LogP contribution is 2.30. The van der Waals surface area contributed by atoms with E-state index in [2.05, 4.69) is 4.74 Å². The minimum atomic E-state index is -4.19. The summed E-state index contributed by atoms with van der Waals surface area (Å²) in [5.41, 5.74) is 0.166. The number of hydrogen-bond acceptors (Lipinski definition) is 5. The standard InChI is InChI=1S/C16H14ClF2NO5S/c1-9-11(17)4-3-5-14(9)26(22,23)20-15(21)10-6-7-12(25-16(18)19)13(8-10)24-2/h3-8,16H,1-2H3,(H,20,21). The summed E-state index contributed by atoms with van der Waals surface area (Å²) in [5.74, 6) is -1.40. The first-order valence-electron chi connectivity index (χ1n) is 7.11. The number of benzene rings is 2. The van der Waals surface area contributed by atoms with Crippen LogP contribution in [0.2, 0.25) is 5.02 Å². The Morgan fingerprint density at radius 1 is 1.19 bits per heavy atom. The zero-order chi connectivity index (χ0) is 19.5. The second-order valence-electron chi connectivity index (χ2n) is 5.04. The van der Waals surface area contributed by atoms with Crippen LogP contribution in [0.25, 0.3) is 0 Å². The molecule has 0 saturated carbocycles. The van der Waals surface area contributed by atoms with Crippen LogP contribution >= 0.6 is 11.6 Å². The predicted octanol–water partition coefficient (Wildman–Crippen LogP) is 3.38. The van der Waals surface area contributed by atoms with Gasteiger partial charge in [-0.1, -0.05) is 17.7 Å². The molecule has 0 radical (unpaired) electrons. The van der Waals surface area contributed by atoms with Gasteiger partial charge in [0.05, 0.1) is 12.0 Å². The third-order valence-corrected chi connectivity index (χ3v) is 5.26. The van der Waals surface area contributed by atoms with E-state index in [1.54, 1.807) is 0 Å². The van der Waals surface area contributed by atoms with Gasteiger partial charge in [0.1, 0.15) is 0 Å². The van der Waals surface area contributed by atoms with E-state index in [-0.39, 0.29) is 32.5 Å². The zero-order valence-corrected chi connectivity index (χ0v) is 15.2. The van der Waals surface area contributed by atoms with Crippen LogP contribution in [0.1, 0.15) is 15.9 Å². The molecule has 0 unspecified atom stereocenters. The highest BCUT2D eigenvalue weighted by Gasteiger charge is 2.22. The van der Waals surface area contributed by atoms with Crippen molar-refractivity contribution in [2.75, 3.05) is 7.11 Å². The van der Waals surface area contributed by atoms with Crippen LogP contribution in [0.3, 0.4) is 0 Å². The molecule has 26 heavy (non-hydrogen) atoms. The summed E-state index contributed by atoms with van der Waals surface area (Å²) in [5, 5.41) is 0.232. The molecule has 10 heteroatoms. The molecule has 0 heterocycles. The summed E-state index contributed by atoms with van der Waals surface area (Å²) in [6, 6.07) is 7.57. The fourth-order valence-corrected chi connectivity index (χ4v) is 3.59. The number of ether oxygens (including phenoxy) is 2. The average molecular weight is 406 g/mol. The fourth-order valence-electron chi connectivity index (χ4n) is 2.12. The molecule has 6 nitrogen and oxygen atoms in total. The van der Waals surface area contributed by atoms with E-state index >= 15 is 0 Å². The number of nitrogens with one attached hydrogen (secondary N) is 1. The van der Waals surface area contributed by atoms with Gasteiger partial charge in [0.2, 0.25) is 0 Å². The van der Waals surface area contributed by atoms with Crippen LogP contribution in [0, 0.1) is 6.92 Å². The number of carbonyl (C=O) groups is 1. The van der Waals surface area contributed by atoms with Crippen LogP contribution < -0.4 is 14.2 Å². The number of carbonyl (C=O) groups excluding carboxylic acids is 1. The molecule has 0 aromatic heterocycles. The molecule has 0 bridgehead atoms. The largest absolute Gasteiger partial charge is 0.493 e. The summed E-state index contributed by atoms with van der Waals surface area (Å²) in [6.07, 6.45) is 0. The Balaban J connectivity index is 2.30. The molecular weight excluding hydrogens is 392 g/mol. The van der Waals surface area contributed by atoms with Crippen molar-refractivity contribution in [1.29, 1.82) is 0 Å². The average Bonchev–Trinajstić information content (AvgIpc) is 2.56. The van der Waals surface area contributed by atoms with Crippen molar-refractivity contribution in [3.05, 3.63) is 52.5 Å². The Bertz CT molecular complexity index is 934. The van der Waals surface area contributed by atoms with Crippen LogP contribution in [-0.2, 0) is 10.0 Å². The highest BCUT2D eigenvalue weighted by atomic mass is 35.5. The number of halogens is 3. The number of rotatable bonds is 6. The number of amides is 1. The van der Waals surface area contributed by atoms with Gasteiger partial charge in [-0.15, -0.1) is 0 Å². The monoisotopic (exact) mass is 405 g/mol. The topological polar surface area (TPSA) is 81.7 Å². The molecular formula is C16H14ClF2NO5S. The second-order valence-corrected chi connectivity index (χ2v) is 7.10. The Hall–Kier alpha value is -2.39. The molecule has 0 aliphatic heterocycles. The Labute approximate surface area is 153 Å². The first kappa shape index (κ1) is 19.9. The quantitative estimate of drug-likeness (QED) is 0.796. The summed E-state index contributed by atoms with van der Waals surface area (Å²) in [6.45, 7) is -1.57. The third kappa shape index (κ3) is 4.41. The Morgan fingerprint density at radius 3 is 2.50 bits per heavy atom. The lowest BCUT2D eigenvalue weighted by molar-refractivity contribution is -0.0512. The molecule has 0 atom stereocenters. The van der Waals surface area contributed by atoms with E-state index in [0.29, 0.717) is 0 Å². The van der Waals surface area contributed by atoms with Gasteiger partial charge in [-0.2, -0.15) is 8.78 Å². The second kappa shape index (κ2) is 7.88. The Morgan fingerprint density at radius 2 is 1.88 bits per heavy atom. The lowest BCUT2D eigenvalue weighted by atomic mass is 10.2. The maximum atomic E-state index is 12.4. The predicted molar refractivity (Wildman–Crippen MR) is 90.5 cm³/mol. The SMILES string of the molecule is COc1cc(C(=O)NS(=O)(=O)c2cccc(Cl)c2C)ccc1OC(F)F. The zero-order valence-electron chi connectivity index (χ0n) is 13.6. The number of alkyl halides is 2. The molecule has 0 saturated heterocycles. The van der Waals surface area contributed by atoms with Crippen LogP contribution in [0.15, 0.2) is 41.3 Å². The summed E-state index contributed by atoms with van der Waals surface area (Å²) >= 11 is 5.90. The van der Waals surface area contributed by atoms with Crippen LogP contribution in [-0.4, -0.2) is 28.0 Å². The highest BCUT2D eigenvalue weighted by molar-refractivity contribution is 7.90. The van der Waals surface area contributed by atoms with Crippen LogP contribution in [0.5, 0.6) is 11.5 Å². The summed E-state index contributed by atoms with van der Waals surface area (Å²) in [7, 11) is -2.99. The van der Waals surface area contributed by atoms with E-state index in [4.69, 9.17) is 16.3 Å². The van der Waals surface area contributed by atoms with E-state index in [1.165, 1.54) is 32.2 Å². The van der Waals surface area contributed by atoms with Gasteiger partial charge in [0.15, 0.2) is 11.5 Å². The van der Waals surface area contributed by atoms with Crippen molar-refractivity contribution >= 4 is 27.5 Å². The van der Waals surface area contributed by atoms with E-state index in [1.807, 2.05) is 4.72 Å². The Kier molecular flexibility index (Phi) is 6.04. The van der Waals surface area contributed by atoms with E-state index < -0.39 is 22.5 Å². The van der Waals surface area contributed by atoms with Gasteiger partial charge in [0.25, 0.3) is 15.9 Å². The molecule has 2 aromatic carbocycles. The van der Waals surface area contributed by atoms with Crippen molar-refractivity contribution in [2.24, 2.45) is 0 Å². The molecule has 140 valence electrons. The number of methoxy groups -OCH3 is 1. The van der Waals surface area contributed by atoms with Crippen LogP contribution in [0.4, 0.5) is 8.78 Å². The van der Waals surface area contributed by atoms with Crippen molar-refractivity contribution < 1.29 is 31.5 Å². The van der Waals surface area contributed by atoms with Crippen molar-refractivity contribution in [3.63, 3.8) is 0 Å². The first-order valence-corrected chi connectivity index (χ1v) is 8.97. The third-order valence-electron chi connectivity index (χ3n) is 3.38. The lowest BCUT2D eigenvalue weighted by Gasteiger charge is -2.13. The summed E-state index contributed by atoms with van der Waals surface area (Å²) < 4.78 is 60.5. The maximum absolute atomic E-state index is 12.4. The van der Waals surface area contributed by atoms with E-state index in [0.717, 1.165) is 18.2 Å². The number of sulfonamides is 1. The minimum Gasteiger partial charge on any atom is -0.493 e. The summed E-state index contributed by atoms with van der Waals surface area (Å²) in [4.78, 5) is 12.1. The molecule has 0 aliphatic carbocycles. The van der Waals surface area contributed by atoms with Gasteiger partial charge >= 0.3 is 6.61 Å². The number of hydrogen-bond donors (Lipinski definition) is 1.